The molecule has 142 valence electrons. The lowest BCUT2D eigenvalue weighted by Gasteiger charge is -2.10. The van der Waals surface area contributed by atoms with Crippen molar-refractivity contribution >= 4 is 40.4 Å². The summed E-state index contributed by atoms with van der Waals surface area (Å²) in [6, 6.07) is 10.2. The van der Waals surface area contributed by atoms with Crippen molar-refractivity contribution in [2.24, 2.45) is 0 Å². The highest BCUT2D eigenvalue weighted by atomic mass is 16.6. The summed E-state index contributed by atoms with van der Waals surface area (Å²) < 4.78 is 0. The Kier molecular flexibility index (Phi) is 5.40. The van der Waals surface area contributed by atoms with Crippen LogP contribution in [0.4, 0.5) is 34.5 Å². The summed E-state index contributed by atoms with van der Waals surface area (Å²) in [5.74, 6) is 0.293. The number of carbonyl (C=O) groups excluding carboxylic acids is 1. The van der Waals surface area contributed by atoms with Gasteiger partial charge in [0.05, 0.1) is 4.92 Å². The molecule has 1 aromatic carbocycles. The third-order valence-corrected chi connectivity index (χ3v) is 3.63. The molecule has 3 aromatic rings. The van der Waals surface area contributed by atoms with E-state index in [1.165, 1.54) is 13.3 Å². The highest BCUT2D eigenvalue weighted by Crippen LogP contribution is 2.32. The molecule has 3 rings (SSSR count). The number of aryl methyl sites for hydroxylation is 1. The molecule has 0 spiro atoms. The van der Waals surface area contributed by atoms with Crippen LogP contribution in [0.3, 0.4) is 0 Å². The summed E-state index contributed by atoms with van der Waals surface area (Å²) >= 11 is 0. The summed E-state index contributed by atoms with van der Waals surface area (Å²) in [6.45, 7) is 3.30. The zero-order valence-electron chi connectivity index (χ0n) is 15.1. The van der Waals surface area contributed by atoms with Crippen LogP contribution in [0.25, 0.3) is 0 Å². The van der Waals surface area contributed by atoms with Gasteiger partial charge in [-0.05, 0) is 42.8 Å². The van der Waals surface area contributed by atoms with Crippen LogP contribution < -0.4 is 16.0 Å². The van der Waals surface area contributed by atoms with Crippen LogP contribution in [0.2, 0.25) is 0 Å². The van der Waals surface area contributed by atoms with Gasteiger partial charge in [0.25, 0.3) is 0 Å². The molecule has 0 aliphatic heterocycles. The summed E-state index contributed by atoms with van der Waals surface area (Å²) in [4.78, 5) is 34.3. The predicted octanol–water partition coefficient (Wildman–Crippen LogP) is 3.53. The second-order valence-electron chi connectivity index (χ2n) is 5.91. The summed E-state index contributed by atoms with van der Waals surface area (Å²) in [7, 11) is 0. The van der Waals surface area contributed by atoms with E-state index in [1.54, 1.807) is 36.5 Å². The molecule has 0 unspecified atom stereocenters. The zero-order valence-corrected chi connectivity index (χ0v) is 15.1. The Labute approximate surface area is 160 Å². The van der Waals surface area contributed by atoms with E-state index < -0.39 is 4.92 Å². The summed E-state index contributed by atoms with van der Waals surface area (Å²) in [5.41, 5.74) is 1.84. The first-order chi connectivity index (χ1) is 13.4. The predicted molar refractivity (Wildman–Crippen MR) is 105 cm³/mol. The molecular formula is C18H17N7O3. The van der Waals surface area contributed by atoms with E-state index in [-0.39, 0.29) is 23.2 Å². The second kappa shape index (κ2) is 8.08. The minimum Gasteiger partial charge on any atom is -0.334 e. The van der Waals surface area contributed by atoms with Crippen LogP contribution >= 0.6 is 0 Å². The standard InChI is InChI=1S/C18H17N7O3/c1-11-3-8-15(19-9-11)24-18-16(25(27)28)17(20-10-21-18)23-14-6-4-13(5-7-14)22-12(2)26/h3-10H,1-2H3,(H,22,26)(H2,19,20,21,23,24). The number of nitrogens with one attached hydrogen (secondary N) is 3. The number of hydrogen-bond acceptors (Lipinski definition) is 8. The lowest BCUT2D eigenvalue weighted by molar-refractivity contribution is -0.383. The van der Waals surface area contributed by atoms with Gasteiger partial charge in [-0.15, -0.1) is 0 Å². The van der Waals surface area contributed by atoms with E-state index in [4.69, 9.17) is 0 Å². The molecule has 0 fully saturated rings. The molecule has 0 radical (unpaired) electrons. The van der Waals surface area contributed by atoms with Crippen molar-refractivity contribution in [3.8, 4) is 0 Å². The minimum absolute atomic E-state index is 0.0220. The zero-order chi connectivity index (χ0) is 20.1. The van der Waals surface area contributed by atoms with Crippen molar-refractivity contribution in [3.05, 3.63) is 64.6 Å². The van der Waals surface area contributed by atoms with E-state index in [9.17, 15) is 14.9 Å². The lowest BCUT2D eigenvalue weighted by atomic mass is 10.2. The smallest absolute Gasteiger partial charge is 0.334 e. The van der Waals surface area contributed by atoms with Gasteiger partial charge < -0.3 is 16.0 Å². The van der Waals surface area contributed by atoms with E-state index in [1.807, 2.05) is 13.0 Å². The van der Waals surface area contributed by atoms with Gasteiger partial charge in [-0.2, -0.15) is 0 Å². The maximum atomic E-state index is 11.6. The highest BCUT2D eigenvalue weighted by molar-refractivity contribution is 5.89. The van der Waals surface area contributed by atoms with Gasteiger partial charge in [-0.25, -0.2) is 15.0 Å². The summed E-state index contributed by atoms with van der Waals surface area (Å²) in [5, 5.41) is 20.0. The van der Waals surface area contributed by atoms with Crippen molar-refractivity contribution in [2.45, 2.75) is 13.8 Å². The Morgan fingerprint density at radius 2 is 1.61 bits per heavy atom. The maximum Gasteiger partial charge on any atom is 0.353 e. The number of pyridine rings is 1. The van der Waals surface area contributed by atoms with Crippen molar-refractivity contribution in [2.75, 3.05) is 16.0 Å². The molecule has 0 atom stereocenters. The second-order valence-corrected chi connectivity index (χ2v) is 5.91. The van der Waals surface area contributed by atoms with Crippen molar-refractivity contribution in [1.82, 2.24) is 15.0 Å². The normalized spacial score (nSPS) is 10.2. The molecule has 3 N–H and O–H groups in total. The Hall–Kier alpha value is -4.08. The third kappa shape index (κ3) is 4.55. The molecule has 0 aliphatic carbocycles. The fourth-order valence-electron chi connectivity index (χ4n) is 2.37. The molecule has 28 heavy (non-hydrogen) atoms. The van der Waals surface area contributed by atoms with Gasteiger partial charge in [0.1, 0.15) is 12.1 Å². The molecule has 2 heterocycles. The van der Waals surface area contributed by atoms with Gasteiger partial charge >= 0.3 is 5.69 Å². The van der Waals surface area contributed by atoms with E-state index in [2.05, 4.69) is 30.9 Å². The van der Waals surface area contributed by atoms with Crippen molar-refractivity contribution in [1.29, 1.82) is 0 Å². The monoisotopic (exact) mass is 379 g/mol. The Balaban J connectivity index is 1.87. The Bertz CT molecular complexity index is 1000. The van der Waals surface area contributed by atoms with Crippen LogP contribution in [0, 0.1) is 17.0 Å². The van der Waals surface area contributed by atoms with Crippen molar-refractivity contribution in [3.63, 3.8) is 0 Å². The average Bonchev–Trinajstić information content (AvgIpc) is 2.65. The number of aromatic nitrogens is 3. The van der Waals surface area contributed by atoms with Crippen LogP contribution in [0.5, 0.6) is 0 Å². The van der Waals surface area contributed by atoms with E-state index in [0.717, 1.165) is 5.56 Å². The SMILES string of the molecule is CC(=O)Nc1ccc(Nc2ncnc(Nc3ccc(C)cn3)c2[N+](=O)[O-])cc1. The molecule has 1 amide bonds. The van der Waals surface area contributed by atoms with Crippen LogP contribution in [-0.2, 0) is 4.79 Å². The summed E-state index contributed by atoms with van der Waals surface area (Å²) in [6.07, 6.45) is 2.86. The number of hydrogen-bond donors (Lipinski definition) is 3. The molecule has 0 bridgehead atoms. The Morgan fingerprint density at radius 1 is 0.964 bits per heavy atom. The van der Waals surface area contributed by atoms with Crippen molar-refractivity contribution < 1.29 is 9.72 Å². The first kappa shape index (κ1) is 18.7. The van der Waals surface area contributed by atoms with Gasteiger partial charge in [-0.3, -0.25) is 14.9 Å². The largest absolute Gasteiger partial charge is 0.353 e. The molecular weight excluding hydrogens is 362 g/mol. The van der Waals surface area contributed by atoms with Crippen LogP contribution in [0.1, 0.15) is 12.5 Å². The molecule has 0 aliphatic rings. The van der Waals surface area contributed by atoms with Gasteiger partial charge in [-0.1, -0.05) is 6.07 Å². The number of nitro groups is 1. The van der Waals surface area contributed by atoms with E-state index in [0.29, 0.717) is 17.2 Å². The number of benzene rings is 1. The topological polar surface area (TPSA) is 135 Å². The number of amides is 1. The minimum atomic E-state index is -0.565. The third-order valence-electron chi connectivity index (χ3n) is 3.63. The molecule has 10 heteroatoms. The van der Waals surface area contributed by atoms with Crippen LogP contribution in [-0.4, -0.2) is 25.8 Å². The molecule has 0 saturated heterocycles. The van der Waals surface area contributed by atoms with Gasteiger partial charge in [0.15, 0.2) is 0 Å². The first-order valence-electron chi connectivity index (χ1n) is 8.26. The number of rotatable bonds is 6. The van der Waals surface area contributed by atoms with Gasteiger partial charge in [0.2, 0.25) is 17.5 Å². The molecule has 2 aromatic heterocycles. The highest BCUT2D eigenvalue weighted by Gasteiger charge is 2.23. The first-order valence-corrected chi connectivity index (χ1v) is 8.26. The fourth-order valence-corrected chi connectivity index (χ4v) is 2.37. The van der Waals surface area contributed by atoms with Gasteiger partial charge in [0, 0.05) is 24.5 Å². The Morgan fingerprint density at radius 3 is 2.18 bits per heavy atom. The number of nitrogens with zero attached hydrogens (tertiary/aromatic N) is 4. The quantitative estimate of drug-likeness (QED) is 0.437. The maximum absolute atomic E-state index is 11.6. The molecule has 10 nitrogen and oxygen atoms in total. The van der Waals surface area contributed by atoms with Crippen LogP contribution in [0.15, 0.2) is 48.9 Å². The lowest BCUT2D eigenvalue weighted by Crippen LogP contribution is -2.07. The molecule has 0 saturated carbocycles. The van der Waals surface area contributed by atoms with E-state index >= 15 is 0 Å². The number of anilines is 5. The number of carbonyl (C=O) groups is 1. The fraction of sp³-hybridized carbons (Fsp3) is 0.111. The average molecular weight is 379 g/mol.